The number of rotatable bonds is 1. The zero-order valence-corrected chi connectivity index (χ0v) is 12.8. The highest BCUT2D eigenvalue weighted by Crippen LogP contribution is 2.09. The first-order valence-electron chi connectivity index (χ1n) is 7.36. The number of carbonyl (C=O) groups excluding carboxylic acids is 1. The number of aromatic nitrogens is 1. The van der Waals surface area contributed by atoms with Gasteiger partial charge >= 0.3 is 0 Å². The van der Waals surface area contributed by atoms with E-state index in [1.54, 1.807) is 36.4 Å². The first-order chi connectivity index (χ1) is 11.7. The fraction of sp³-hybridized carbons (Fsp3) is 0. The minimum Gasteiger partial charge on any atom is -0.427 e. The summed E-state index contributed by atoms with van der Waals surface area (Å²) in [5, 5.41) is 9.67. The highest BCUT2D eigenvalue weighted by molar-refractivity contribution is 5.97. The number of benzene rings is 2. The Morgan fingerprint density at radius 1 is 0.875 bits per heavy atom. The van der Waals surface area contributed by atoms with E-state index in [0.717, 1.165) is 10.3 Å². The minimum absolute atomic E-state index is 0.160. The monoisotopic (exact) mass is 314 g/mol. The Balaban J connectivity index is 1.99. The second-order valence-electron chi connectivity index (χ2n) is 4.98. The van der Waals surface area contributed by atoms with Crippen LogP contribution in [0.2, 0.25) is 0 Å². The summed E-state index contributed by atoms with van der Waals surface area (Å²) in [7, 11) is 0. The summed E-state index contributed by atoms with van der Waals surface area (Å²) in [4.78, 5) is 16.4. The predicted octanol–water partition coefficient (Wildman–Crippen LogP) is 2.87. The molecule has 0 saturated heterocycles. The highest BCUT2D eigenvalue weighted by atomic mass is 16.5. The molecule has 2 aromatic carbocycles. The van der Waals surface area contributed by atoms with Gasteiger partial charge in [0.15, 0.2) is 5.49 Å². The lowest BCUT2D eigenvalue weighted by molar-refractivity contribution is 0.0987. The van der Waals surface area contributed by atoms with Crippen LogP contribution in [-0.2, 0) is 0 Å². The first kappa shape index (κ1) is 15.3. The van der Waals surface area contributed by atoms with E-state index < -0.39 is 5.91 Å². The third-order valence-corrected chi connectivity index (χ3v) is 3.31. The maximum absolute atomic E-state index is 12.4. The number of amides is 1. The van der Waals surface area contributed by atoms with Gasteiger partial charge in [0, 0.05) is 17.3 Å². The van der Waals surface area contributed by atoms with E-state index in [1.165, 1.54) is 6.20 Å². The molecule has 1 amide bonds. The Hall–Kier alpha value is -3.58. The van der Waals surface area contributed by atoms with Gasteiger partial charge in [-0.1, -0.05) is 48.2 Å². The van der Waals surface area contributed by atoms with Crippen LogP contribution in [0.15, 0.2) is 84.0 Å². The predicted molar refractivity (Wildman–Crippen MR) is 90.4 cm³/mol. The second-order valence-corrected chi connectivity index (χ2v) is 4.98. The summed E-state index contributed by atoms with van der Waals surface area (Å²) >= 11 is 0. The number of hydrogen-bond donors (Lipinski definition) is 1. The summed E-state index contributed by atoms with van der Waals surface area (Å²) in [5.74, 6) is 5.59. The molecule has 4 heteroatoms. The van der Waals surface area contributed by atoms with Gasteiger partial charge in [0.2, 0.25) is 0 Å². The third kappa shape index (κ3) is 3.60. The molecule has 0 aliphatic rings. The van der Waals surface area contributed by atoms with Crippen molar-refractivity contribution in [3.05, 3.63) is 101 Å². The van der Waals surface area contributed by atoms with E-state index in [4.69, 9.17) is 0 Å². The lowest BCUT2D eigenvalue weighted by Crippen LogP contribution is -2.19. The van der Waals surface area contributed by atoms with Crippen molar-refractivity contribution >= 4 is 5.91 Å². The van der Waals surface area contributed by atoms with Crippen molar-refractivity contribution in [1.29, 1.82) is 0 Å². The molecule has 24 heavy (non-hydrogen) atoms. The number of nitrogens with zero attached hydrogens (tertiary/aromatic N) is 2. The normalized spacial score (nSPS) is 10.8. The molecule has 0 unspecified atom stereocenters. The first-order valence-corrected chi connectivity index (χ1v) is 7.36. The zero-order chi connectivity index (χ0) is 16.8. The smallest absolute Gasteiger partial charge is 0.280 e. The maximum atomic E-state index is 12.4. The quantitative estimate of drug-likeness (QED) is 0.555. The van der Waals surface area contributed by atoms with E-state index in [9.17, 15) is 10.0 Å². The lowest BCUT2D eigenvalue weighted by Gasteiger charge is -2.00. The van der Waals surface area contributed by atoms with Crippen LogP contribution >= 0.6 is 0 Å². The SMILES string of the molecule is O=C(N=c1ccccn1O)c1ccccc1C#Cc1ccccc1. The second kappa shape index (κ2) is 7.12. The van der Waals surface area contributed by atoms with Crippen LogP contribution in [0, 0.1) is 11.8 Å². The molecule has 0 aliphatic heterocycles. The van der Waals surface area contributed by atoms with Gasteiger partial charge in [-0.2, -0.15) is 9.72 Å². The van der Waals surface area contributed by atoms with Crippen molar-refractivity contribution in [2.24, 2.45) is 4.99 Å². The van der Waals surface area contributed by atoms with Crippen molar-refractivity contribution < 1.29 is 10.0 Å². The molecule has 116 valence electrons. The van der Waals surface area contributed by atoms with Gasteiger partial charge in [-0.25, -0.2) is 0 Å². The number of pyridine rings is 1. The average Bonchev–Trinajstić information content (AvgIpc) is 2.63. The Kier molecular flexibility index (Phi) is 4.55. The molecule has 0 fully saturated rings. The molecule has 0 aliphatic carbocycles. The van der Waals surface area contributed by atoms with Gasteiger partial charge in [0.1, 0.15) is 0 Å². The van der Waals surface area contributed by atoms with Crippen molar-refractivity contribution in [2.75, 3.05) is 0 Å². The van der Waals surface area contributed by atoms with E-state index in [0.29, 0.717) is 11.1 Å². The number of hydrogen-bond acceptors (Lipinski definition) is 2. The summed E-state index contributed by atoms with van der Waals surface area (Å²) in [6, 6.07) is 21.5. The molecule has 0 atom stereocenters. The molecule has 1 heterocycles. The average molecular weight is 314 g/mol. The van der Waals surface area contributed by atoms with Crippen molar-refractivity contribution in [1.82, 2.24) is 4.73 Å². The molecule has 0 bridgehead atoms. The molecule has 1 N–H and O–H groups in total. The molecular formula is C20H14N2O2. The third-order valence-electron chi connectivity index (χ3n) is 3.31. The van der Waals surface area contributed by atoms with Crippen LogP contribution in [-0.4, -0.2) is 15.8 Å². The van der Waals surface area contributed by atoms with Gasteiger partial charge in [-0.15, -0.1) is 0 Å². The van der Waals surface area contributed by atoms with Gasteiger partial charge in [0.25, 0.3) is 5.91 Å². The molecule has 1 aromatic heterocycles. The van der Waals surface area contributed by atoms with Gasteiger partial charge < -0.3 is 5.21 Å². The summed E-state index contributed by atoms with van der Waals surface area (Å²) in [6.45, 7) is 0. The van der Waals surface area contributed by atoms with Crippen LogP contribution in [0.25, 0.3) is 0 Å². The largest absolute Gasteiger partial charge is 0.427 e. The van der Waals surface area contributed by atoms with Gasteiger partial charge in [0.05, 0.1) is 5.56 Å². The summed E-state index contributed by atoms with van der Waals surface area (Å²) < 4.78 is 0.802. The molecule has 0 radical (unpaired) electrons. The van der Waals surface area contributed by atoms with E-state index in [1.807, 2.05) is 36.4 Å². The Morgan fingerprint density at radius 2 is 1.58 bits per heavy atom. The van der Waals surface area contributed by atoms with Crippen LogP contribution in [0.4, 0.5) is 0 Å². The molecular weight excluding hydrogens is 300 g/mol. The standard InChI is InChI=1S/C20H14N2O2/c23-20(21-19-12-6-7-15-22(19)24)18-11-5-4-10-17(18)14-13-16-8-2-1-3-9-16/h1-12,15,24H. The molecule has 3 aromatic rings. The van der Waals surface area contributed by atoms with Gasteiger partial charge in [-0.3, -0.25) is 4.79 Å². The van der Waals surface area contributed by atoms with Crippen LogP contribution < -0.4 is 5.49 Å². The molecule has 3 rings (SSSR count). The lowest BCUT2D eigenvalue weighted by atomic mass is 10.1. The van der Waals surface area contributed by atoms with Crippen molar-refractivity contribution in [2.45, 2.75) is 0 Å². The summed E-state index contributed by atoms with van der Waals surface area (Å²) in [5.41, 5.74) is 2.02. The minimum atomic E-state index is -0.457. The Labute approximate surface area is 139 Å². The number of carbonyl (C=O) groups is 1. The van der Waals surface area contributed by atoms with E-state index in [2.05, 4.69) is 16.8 Å². The fourth-order valence-corrected chi connectivity index (χ4v) is 2.12. The van der Waals surface area contributed by atoms with Crippen LogP contribution in [0.5, 0.6) is 0 Å². The van der Waals surface area contributed by atoms with E-state index >= 15 is 0 Å². The fourth-order valence-electron chi connectivity index (χ4n) is 2.12. The summed E-state index contributed by atoms with van der Waals surface area (Å²) in [6.07, 6.45) is 1.41. The molecule has 0 saturated carbocycles. The zero-order valence-electron chi connectivity index (χ0n) is 12.8. The topological polar surface area (TPSA) is 54.6 Å². The van der Waals surface area contributed by atoms with Gasteiger partial charge in [-0.05, 0) is 36.4 Å². The van der Waals surface area contributed by atoms with Crippen molar-refractivity contribution in [3.8, 4) is 11.8 Å². The maximum Gasteiger partial charge on any atom is 0.280 e. The van der Waals surface area contributed by atoms with Crippen molar-refractivity contribution in [3.63, 3.8) is 0 Å². The molecule has 4 nitrogen and oxygen atoms in total. The van der Waals surface area contributed by atoms with E-state index in [-0.39, 0.29) is 5.49 Å². The highest BCUT2D eigenvalue weighted by Gasteiger charge is 2.08. The Morgan fingerprint density at radius 3 is 2.38 bits per heavy atom. The molecule has 0 spiro atoms. The van der Waals surface area contributed by atoms with Crippen LogP contribution in [0.1, 0.15) is 21.5 Å². The Bertz CT molecular complexity index is 993. The van der Waals surface area contributed by atoms with Crippen LogP contribution in [0.3, 0.4) is 0 Å².